The number of sulfonamides is 1. The van der Waals surface area contributed by atoms with Gasteiger partial charge in [0.1, 0.15) is 5.69 Å². The van der Waals surface area contributed by atoms with Crippen LogP contribution in [-0.4, -0.2) is 13.4 Å². The summed E-state index contributed by atoms with van der Waals surface area (Å²) in [7, 11) is -3.93. The molecular formula is C24H22N2O3S. The first kappa shape index (κ1) is 20.1. The van der Waals surface area contributed by atoms with Gasteiger partial charge < -0.3 is 4.42 Å². The van der Waals surface area contributed by atoms with Crippen molar-refractivity contribution in [2.24, 2.45) is 5.14 Å². The van der Waals surface area contributed by atoms with Gasteiger partial charge in [-0.2, -0.15) is 0 Å². The van der Waals surface area contributed by atoms with Crippen molar-refractivity contribution in [1.82, 2.24) is 4.98 Å². The number of nitrogens with zero attached hydrogens (tertiary/aromatic N) is 1. The number of aromatic nitrogens is 1. The van der Waals surface area contributed by atoms with Crippen LogP contribution < -0.4 is 5.14 Å². The Labute approximate surface area is 176 Å². The summed E-state index contributed by atoms with van der Waals surface area (Å²) in [6.45, 7) is 4.03. The van der Waals surface area contributed by atoms with Crippen molar-refractivity contribution < 1.29 is 12.8 Å². The van der Waals surface area contributed by atoms with E-state index in [1.807, 2.05) is 56.3 Å². The molecule has 5 nitrogen and oxygen atoms in total. The maximum Gasteiger partial charge on any atom is 0.238 e. The van der Waals surface area contributed by atoms with E-state index in [0.717, 1.165) is 22.3 Å². The molecule has 2 N–H and O–H groups in total. The van der Waals surface area contributed by atoms with Crippen LogP contribution in [0.2, 0.25) is 0 Å². The maximum absolute atomic E-state index is 12.2. The standard InChI is InChI=1S/C24H22N2O3S/c1-16-12-13-19(17(2)14-16)23-24(20-10-6-7-11-21(20)30(25,27)28)29-22(26-23)15-18-8-4-3-5-9-18/h3-14H,15H2,1-2H3,(H2,25,27,28). The molecule has 0 bridgehead atoms. The van der Waals surface area contributed by atoms with E-state index in [9.17, 15) is 8.42 Å². The van der Waals surface area contributed by atoms with E-state index < -0.39 is 10.0 Å². The SMILES string of the molecule is Cc1ccc(-c2nc(Cc3ccccc3)oc2-c2ccccc2S(N)(=O)=O)c(C)c1. The maximum atomic E-state index is 12.2. The number of benzene rings is 3. The number of oxazole rings is 1. The predicted molar refractivity (Wildman–Crippen MR) is 117 cm³/mol. The fourth-order valence-electron chi connectivity index (χ4n) is 3.56. The molecule has 0 saturated carbocycles. The minimum atomic E-state index is -3.93. The molecule has 0 saturated heterocycles. The highest BCUT2D eigenvalue weighted by molar-refractivity contribution is 7.89. The third-order valence-corrected chi connectivity index (χ3v) is 5.91. The van der Waals surface area contributed by atoms with Crippen LogP contribution >= 0.6 is 0 Å². The third kappa shape index (κ3) is 4.06. The largest absolute Gasteiger partial charge is 0.440 e. The van der Waals surface area contributed by atoms with E-state index in [4.69, 9.17) is 14.5 Å². The number of nitrogens with two attached hydrogens (primary N) is 1. The van der Waals surface area contributed by atoms with Crippen LogP contribution in [0.4, 0.5) is 0 Å². The Morgan fingerprint density at radius 3 is 2.30 bits per heavy atom. The molecule has 0 unspecified atom stereocenters. The highest BCUT2D eigenvalue weighted by Crippen LogP contribution is 2.37. The molecule has 3 aromatic carbocycles. The van der Waals surface area contributed by atoms with Gasteiger partial charge in [0.15, 0.2) is 11.7 Å². The molecule has 0 spiro atoms. The first-order valence-corrected chi connectivity index (χ1v) is 11.1. The van der Waals surface area contributed by atoms with Crippen LogP contribution in [-0.2, 0) is 16.4 Å². The van der Waals surface area contributed by atoms with Gasteiger partial charge in [-0.25, -0.2) is 18.5 Å². The van der Waals surface area contributed by atoms with Crippen molar-refractivity contribution in [1.29, 1.82) is 0 Å². The number of hydrogen-bond donors (Lipinski definition) is 1. The number of hydrogen-bond acceptors (Lipinski definition) is 4. The third-order valence-electron chi connectivity index (χ3n) is 4.94. The van der Waals surface area contributed by atoms with Gasteiger partial charge >= 0.3 is 0 Å². The van der Waals surface area contributed by atoms with Crippen molar-refractivity contribution in [3.8, 4) is 22.6 Å². The molecular weight excluding hydrogens is 396 g/mol. The topological polar surface area (TPSA) is 86.2 Å². The van der Waals surface area contributed by atoms with Crippen LogP contribution in [0.1, 0.15) is 22.6 Å². The average molecular weight is 419 g/mol. The lowest BCUT2D eigenvalue weighted by molar-refractivity contribution is 0.518. The highest BCUT2D eigenvalue weighted by Gasteiger charge is 2.24. The number of aryl methyl sites for hydroxylation is 2. The lowest BCUT2D eigenvalue weighted by atomic mass is 10.00. The molecule has 152 valence electrons. The zero-order valence-electron chi connectivity index (χ0n) is 16.8. The Morgan fingerprint density at radius 1 is 0.900 bits per heavy atom. The summed E-state index contributed by atoms with van der Waals surface area (Å²) in [5.41, 5.74) is 5.12. The summed E-state index contributed by atoms with van der Waals surface area (Å²) in [6, 6.07) is 22.5. The summed E-state index contributed by atoms with van der Waals surface area (Å²) in [6.07, 6.45) is 0.496. The quantitative estimate of drug-likeness (QED) is 0.501. The van der Waals surface area contributed by atoms with Gasteiger partial charge in [-0.3, -0.25) is 0 Å². The molecule has 4 rings (SSSR count). The molecule has 0 radical (unpaired) electrons. The molecule has 1 aromatic heterocycles. The van der Waals surface area contributed by atoms with Crippen LogP contribution in [0.15, 0.2) is 82.1 Å². The Kier molecular flexibility index (Phi) is 5.28. The molecule has 6 heteroatoms. The minimum absolute atomic E-state index is 0.0124. The Morgan fingerprint density at radius 2 is 1.60 bits per heavy atom. The fraction of sp³-hybridized carbons (Fsp3) is 0.125. The van der Waals surface area contributed by atoms with Crippen molar-refractivity contribution in [3.05, 3.63) is 95.4 Å². The summed E-state index contributed by atoms with van der Waals surface area (Å²) in [4.78, 5) is 4.78. The summed E-state index contributed by atoms with van der Waals surface area (Å²) in [5.74, 6) is 0.910. The smallest absolute Gasteiger partial charge is 0.238 e. The predicted octanol–water partition coefficient (Wildman–Crippen LogP) is 4.86. The molecule has 0 aliphatic heterocycles. The number of rotatable bonds is 5. The normalized spacial score (nSPS) is 11.6. The summed E-state index contributed by atoms with van der Waals surface area (Å²) >= 11 is 0. The molecule has 30 heavy (non-hydrogen) atoms. The monoisotopic (exact) mass is 418 g/mol. The van der Waals surface area contributed by atoms with Crippen LogP contribution in [0.25, 0.3) is 22.6 Å². The molecule has 0 aliphatic carbocycles. The van der Waals surface area contributed by atoms with Crippen molar-refractivity contribution in [3.63, 3.8) is 0 Å². The first-order chi connectivity index (χ1) is 14.3. The van der Waals surface area contributed by atoms with E-state index in [1.54, 1.807) is 18.2 Å². The van der Waals surface area contributed by atoms with Crippen molar-refractivity contribution >= 4 is 10.0 Å². The van der Waals surface area contributed by atoms with Crippen molar-refractivity contribution in [2.45, 2.75) is 25.2 Å². The lowest BCUT2D eigenvalue weighted by Gasteiger charge is -2.09. The highest BCUT2D eigenvalue weighted by atomic mass is 32.2. The molecule has 0 fully saturated rings. The molecule has 0 amide bonds. The van der Waals surface area contributed by atoms with Gasteiger partial charge in [-0.1, -0.05) is 66.2 Å². The van der Waals surface area contributed by atoms with Gasteiger partial charge in [0.2, 0.25) is 10.0 Å². The van der Waals surface area contributed by atoms with Crippen LogP contribution in [0.3, 0.4) is 0 Å². The van der Waals surface area contributed by atoms with Gasteiger partial charge in [0.25, 0.3) is 0 Å². The summed E-state index contributed by atoms with van der Waals surface area (Å²) in [5, 5.41) is 5.47. The lowest BCUT2D eigenvalue weighted by Crippen LogP contribution is -2.13. The molecule has 0 atom stereocenters. The second-order valence-electron chi connectivity index (χ2n) is 7.31. The van der Waals surface area contributed by atoms with E-state index in [0.29, 0.717) is 29.3 Å². The summed E-state index contributed by atoms with van der Waals surface area (Å²) < 4.78 is 30.5. The second-order valence-corrected chi connectivity index (χ2v) is 8.84. The zero-order chi connectivity index (χ0) is 21.3. The van der Waals surface area contributed by atoms with Gasteiger partial charge in [-0.15, -0.1) is 0 Å². The van der Waals surface area contributed by atoms with Gasteiger partial charge in [0.05, 0.1) is 4.90 Å². The van der Waals surface area contributed by atoms with Crippen molar-refractivity contribution in [2.75, 3.05) is 0 Å². The molecule has 0 aliphatic rings. The Bertz CT molecular complexity index is 1310. The average Bonchev–Trinajstić information content (AvgIpc) is 3.11. The molecule has 1 heterocycles. The van der Waals surface area contributed by atoms with E-state index in [2.05, 4.69) is 6.07 Å². The van der Waals surface area contributed by atoms with E-state index >= 15 is 0 Å². The van der Waals surface area contributed by atoms with E-state index in [-0.39, 0.29) is 4.90 Å². The zero-order valence-corrected chi connectivity index (χ0v) is 17.6. The van der Waals surface area contributed by atoms with Crippen LogP contribution in [0.5, 0.6) is 0 Å². The van der Waals surface area contributed by atoms with Gasteiger partial charge in [0, 0.05) is 17.5 Å². The Hall–Kier alpha value is -3.22. The van der Waals surface area contributed by atoms with E-state index in [1.165, 1.54) is 6.07 Å². The fourth-order valence-corrected chi connectivity index (χ4v) is 4.29. The van der Waals surface area contributed by atoms with Crippen LogP contribution in [0, 0.1) is 13.8 Å². The Balaban J connectivity index is 1.93. The molecule has 4 aromatic rings. The number of primary sulfonamides is 1. The van der Waals surface area contributed by atoms with Gasteiger partial charge in [-0.05, 0) is 37.1 Å². The first-order valence-electron chi connectivity index (χ1n) is 9.56. The second kappa shape index (κ2) is 7.89. The minimum Gasteiger partial charge on any atom is -0.440 e.